The molecule has 6 nitrogen and oxygen atoms in total. The van der Waals surface area contributed by atoms with E-state index in [1.807, 2.05) is 0 Å². The lowest BCUT2D eigenvalue weighted by molar-refractivity contribution is -0.141. The minimum atomic E-state index is -4.54. The van der Waals surface area contributed by atoms with Gasteiger partial charge in [-0.05, 0) is 18.2 Å². The quantitative estimate of drug-likeness (QED) is 0.813. The fraction of sp³-hybridized carbons (Fsp3) is 0.231. The van der Waals surface area contributed by atoms with Crippen molar-refractivity contribution in [2.24, 2.45) is 0 Å². The van der Waals surface area contributed by atoms with Crippen molar-refractivity contribution in [1.29, 1.82) is 0 Å². The number of aromatic nitrogens is 3. The van der Waals surface area contributed by atoms with Gasteiger partial charge in [0, 0.05) is 30.5 Å². The van der Waals surface area contributed by atoms with Gasteiger partial charge in [0.05, 0.1) is 0 Å². The number of hydrogen-bond acceptors (Lipinski definition) is 5. The molecule has 2 rings (SSSR count). The molecule has 0 bridgehead atoms. The molecule has 2 heterocycles. The summed E-state index contributed by atoms with van der Waals surface area (Å²) in [6, 6.07) is 3.71. The van der Waals surface area contributed by atoms with E-state index in [1.54, 1.807) is 0 Å². The Morgan fingerprint density at radius 2 is 1.91 bits per heavy atom. The van der Waals surface area contributed by atoms with Crippen molar-refractivity contribution in [1.82, 2.24) is 20.3 Å². The molecular formula is C13H11ClF3N5O. The molecule has 0 spiro atoms. The van der Waals surface area contributed by atoms with Gasteiger partial charge in [-0.3, -0.25) is 9.78 Å². The van der Waals surface area contributed by atoms with Crippen LogP contribution in [-0.2, 0) is 6.18 Å². The van der Waals surface area contributed by atoms with Crippen LogP contribution in [0.5, 0.6) is 0 Å². The van der Waals surface area contributed by atoms with Gasteiger partial charge in [-0.2, -0.15) is 13.2 Å². The number of halogens is 4. The van der Waals surface area contributed by atoms with E-state index in [0.29, 0.717) is 5.02 Å². The van der Waals surface area contributed by atoms with E-state index in [9.17, 15) is 18.0 Å². The van der Waals surface area contributed by atoms with Crippen molar-refractivity contribution in [3.8, 4) is 0 Å². The first-order valence-corrected chi connectivity index (χ1v) is 6.78. The highest BCUT2D eigenvalue weighted by molar-refractivity contribution is 6.30. The van der Waals surface area contributed by atoms with Crippen LogP contribution in [0.4, 0.5) is 19.1 Å². The number of pyridine rings is 1. The SMILES string of the molecule is O=C(NCCNc1nccc(C(F)(F)F)n1)c1cc(Cl)ccn1. The molecule has 0 aliphatic heterocycles. The van der Waals surface area contributed by atoms with Crippen molar-refractivity contribution < 1.29 is 18.0 Å². The van der Waals surface area contributed by atoms with Crippen LogP contribution in [0.25, 0.3) is 0 Å². The number of alkyl halides is 3. The smallest absolute Gasteiger partial charge is 0.352 e. The standard InChI is InChI=1S/C13H11ClF3N5O/c14-8-1-3-18-9(7-8)11(23)19-5-6-21-12-20-4-2-10(22-12)13(15,16)17/h1-4,7H,5-6H2,(H,19,23)(H,20,21,22). The number of nitrogens with one attached hydrogen (secondary N) is 2. The highest BCUT2D eigenvalue weighted by atomic mass is 35.5. The molecule has 0 radical (unpaired) electrons. The maximum atomic E-state index is 12.5. The second kappa shape index (κ2) is 7.23. The van der Waals surface area contributed by atoms with Gasteiger partial charge >= 0.3 is 6.18 Å². The molecule has 1 amide bonds. The van der Waals surface area contributed by atoms with Gasteiger partial charge < -0.3 is 10.6 Å². The van der Waals surface area contributed by atoms with Gasteiger partial charge in [0.1, 0.15) is 11.4 Å². The maximum absolute atomic E-state index is 12.5. The summed E-state index contributed by atoms with van der Waals surface area (Å²) < 4.78 is 37.5. The van der Waals surface area contributed by atoms with Crippen LogP contribution in [0.2, 0.25) is 5.02 Å². The van der Waals surface area contributed by atoms with Gasteiger partial charge in [0.2, 0.25) is 5.95 Å². The number of carbonyl (C=O) groups excluding carboxylic acids is 1. The third-order valence-electron chi connectivity index (χ3n) is 2.59. The molecule has 0 aliphatic carbocycles. The number of anilines is 1. The van der Waals surface area contributed by atoms with Gasteiger partial charge in [-0.1, -0.05) is 11.6 Å². The Labute approximate surface area is 134 Å². The predicted octanol–water partition coefficient (Wildman–Crippen LogP) is 2.39. The predicted molar refractivity (Wildman–Crippen MR) is 77.1 cm³/mol. The lowest BCUT2D eigenvalue weighted by Gasteiger charge is -2.09. The molecule has 122 valence electrons. The summed E-state index contributed by atoms with van der Waals surface area (Å²) in [7, 11) is 0. The Balaban J connectivity index is 1.83. The number of amides is 1. The van der Waals surface area contributed by atoms with Crippen LogP contribution in [0, 0.1) is 0 Å². The third-order valence-corrected chi connectivity index (χ3v) is 2.83. The molecule has 2 aromatic rings. The maximum Gasteiger partial charge on any atom is 0.433 e. The number of rotatable bonds is 5. The average Bonchev–Trinajstić information content (AvgIpc) is 2.51. The van der Waals surface area contributed by atoms with Crippen molar-refractivity contribution in [3.05, 3.63) is 47.0 Å². The molecule has 0 fully saturated rings. The van der Waals surface area contributed by atoms with E-state index in [2.05, 4.69) is 25.6 Å². The lowest BCUT2D eigenvalue weighted by atomic mass is 10.3. The van der Waals surface area contributed by atoms with Crippen molar-refractivity contribution >= 4 is 23.5 Å². The molecule has 2 N–H and O–H groups in total. The minimum absolute atomic E-state index is 0.145. The number of hydrogen-bond donors (Lipinski definition) is 2. The molecule has 0 unspecified atom stereocenters. The van der Waals surface area contributed by atoms with Gasteiger partial charge in [0.25, 0.3) is 5.91 Å². The van der Waals surface area contributed by atoms with E-state index >= 15 is 0 Å². The molecule has 0 saturated carbocycles. The first-order chi connectivity index (χ1) is 10.9. The van der Waals surface area contributed by atoms with Crippen LogP contribution in [0.1, 0.15) is 16.2 Å². The molecular weight excluding hydrogens is 335 g/mol. The third kappa shape index (κ3) is 5.06. The number of nitrogens with zero attached hydrogens (tertiary/aromatic N) is 3. The summed E-state index contributed by atoms with van der Waals surface area (Å²) in [5.74, 6) is -0.616. The fourth-order valence-electron chi connectivity index (χ4n) is 1.57. The normalized spacial score (nSPS) is 11.1. The topological polar surface area (TPSA) is 79.8 Å². The summed E-state index contributed by atoms with van der Waals surface area (Å²) >= 11 is 5.74. The summed E-state index contributed by atoms with van der Waals surface area (Å²) in [6.07, 6.45) is -2.13. The molecule has 10 heteroatoms. The summed E-state index contributed by atoms with van der Waals surface area (Å²) in [4.78, 5) is 22.6. The summed E-state index contributed by atoms with van der Waals surface area (Å²) in [5.41, 5.74) is -0.894. The van der Waals surface area contributed by atoms with Gasteiger partial charge in [-0.25, -0.2) is 9.97 Å². The highest BCUT2D eigenvalue weighted by Crippen LogP contribution is 2.27. The Morgan fingerprint density at radius 3 is 2.61 bits per heavy atom. The number of carbonyl (C=O) groups is 1. The van der Waals surface area contributed by atoms with Crippen molar-refractivity contribution in [2.75, 3.05) is 18.4 Å². The molecule has 0 saturated heterocycles. The van der Waals surface area contributed by atoms with E-state index < -0.39 is 17.8 Å². The Bertz CT molecular complexity index is 695. The minimum Gasteiger partial charge on any atom is -0.352 e. The molecule has 2 aromatic heterocycles. The van der Waals surface area contributed by atoms with Crippen LogP contribution in [-0.4, -0.2) is 33.9 Å². The molecule has 23 heavy (non-hydrogen) atoms. The van der Waals surface area contributed by atoms with E-state index in [0.717, 1.165) is 12.3 Å². The fourth-order valence-corrected chi connectivity index (χ4v) is 1.73. The largest absolute Gasteiger partial charge is 0.433 e. The average molecular weight is 346 g/mol. The Morgan fingerprint density at radius 1 is 1.17 bits per heavy atom. The molecule has 0 aromatic carbocycles. The summed E-state index contributed by atoms with van der Waals surface area (Å²) in [5, 5.41) is 5.51. The Hall–Kier alpha value is -2.42. The second-order valence-electron chi connectivity index (χ2n) is 4.31. The highest BCUT2D eigenvalue weighted by Gasteiger charge is 2.32. The first-order valence-electron chi connectivity index (χ1n) is 6.40. The first kappa shape index (κ1) is 16.9. The zero-order valence-electron chi connectivity index (χ0n) is 11.6. The van der Waals surface area contributed by atoms with Crippen LogP contribution in [0.15, 0.2) is 30.6 Å². The van der Waals surface area contributed by atoms with Crippen LogP contribution in [0.3, 0.4) is 0 Å². The molecule has 0 atom stereocenters. The van der Waals surface area contributed by atoms with Crippen molar-refractivity contribution in [2.45, 2.75) is 6.18 Å². The summed E-state index contributed by atoms with van der Waals surface area (Å²) in [6.45, 7) is 0.292. The molecule has 0 aliphatic rings. The van der Waals surface area contributed by atoms with Gasteiger partial charge in [0.15, 0.2) is 0 Å². The van der Waals surface area contributed by atoms with E-state index in [1.165, 1.54) is 18.3 Å². The lowest BCUT2D eigenvalue weighted by Crippen LogP contribution is -2.29. The van der Waals surface area contributed by atoms with Crippen LogP contribution >= 0.6 is 11.6 Å². The zero-order valence-corrected chi connectivity index (χ0v) is 12.3. The van der Waals surface area contributed by atoms with E-state index in [-0.39, 0.29) is 24.7 Å². The monoisotopic (exact) mass is 345 g/mol. The second-order valence-corrected chi connectivity index (χ2v) is 4.74. The Kier molecular flexibility index (Phi) is 5.32. The van der Waals surface area contributed by atoms with Gasteiger partial charge in [-0.15, -0.1) is 0 Å². The van der Waals surface area contributed by atoms with Crippen LogP contribution < -0.4 is 10.6 Å². The van der Waals surface area contributed by atoms with Crippen molar-refractivity contribution in [3.63, 3.8) is 0 Å². The van der Waals surface area contributed by atoms with E-state index in [4.69, 9.17) is 11.6 Å². The zero-order chi connectivity index (χ0) is 16.9.